The molecule has 0 aliphatic rings. The van der Waals surface area contributed by atoms with Crippen LogP contribution in [0.25, 0.3) is 0 Å². The molecule has 3 heteroatoms. The van der Waals surface area contributed by atoms with Crippen LogP contribution in [0.2, 0.25) is 0 Å². The van der Waals surface area contributed by atoms with E-state index in [1.54, 1.807) is 0 Å². The van der Waals surface area contributed by atoms with E-state index in [1.807, 2.05) is 24.3 Å². The minimum Gasteiger partial charge on any atom is -0.494 e. The van der Waals surface area contributed by atoms with E-state index >= 15 is 0 Å². The SMILES string of the molecule is CCC(C)c1ccccc1OCCNc1cccc(OCCC(C)C)c1. The van der Waals surface area contributed by atoms with Gasteiger partial charge >= 0.3 is 0 Å². The molecule has 0 saturated heterocycles. The first-order valence-electron chi connectivity index (χ1n) is 9.78. The molecule has 2 aromatic carbocycles. The van der Waals surface area contributed by atoms with E-state index in [0.29, 0.717) is 18.4 Å². The van der Waals surface area contributed by atoms with Gasteiger partial charge in [-0.15, -0.1) is 0 Å². The largest absolute Gasteiger partial charge is 0.494 e. The van der Waals surface area contributed by atoms with Crippen LogP contribution in [-0.4, -0.2) is 19.8 Å². The Morgan fingerprint density at radius 1 is 0.923 bits per heavy atom. The summed E-state index contributed by atoms with van der Waals surface area (Å²) < 4.78 is 11.8. The lowest BCUT2D eigenvalue weighted by molar-refractivity contribution is 0.289. The van der Waals surface area contributed by atoms with Crippen molar-refractivity contribution < 1.29 is 9.47 Å². The third-order valence-electron chi connectivity index (χ3n) is 4.55. The number of ether oxygens (including phenoxy) is 2. The second-order valence-corrected chi connectivity index (χ2v) is 7.18. The van der Waals surface area contributed by atoms with Crippen molar-refractivity contribution in [1.29, 1.82) is 0 Å². The first kappa shape index (κ1) is 20.2. The predicted molar refractivity (Wildman–Crippen MR) is 111 cm³/mol. The van der Waals surface area contributed by atoms with Crippen LogP contribution in [0.4, 0.5) is 5.69 Å². The smallest absolute Gasteiger partial charge is 0.122 e. The average molecular weight is 356 g/mol. The monoisotopic (exact) mass is 355 g/mol. The molecule has 0 radical (unpaired) electrons. The van der Waals surface area contributed by atoms with Crippen LogP contribution >= 0.6 is 0 Å². The Labute approximate surface area is 158 Å². The summed E-state index contributed by atoms with van der Waals surface area (Å²) in [5, 5.41) is 3.41. The summed E-state index contributed by atoms with van der Waals surface area (Å²) in [7, 11) is 0. The molecule has 0 aromatic heterocycles. The molecule has 1 atom stereocenters. The lowest BCUT2D eigenvalue weighted by Crippen LogP contribution is -2.12. The molecular weight excluding hydrogens is 322 g/mol. The van der Waals surface area contributed by atoms with Crippen molar-refractivity contribution in [3.63, 3.8) is 0 Å². The molecule has 0 heterocycles. The molecule has 0 amide bonds. The van der Waals surface area contributed by atoms with Gasteiger partial charge in [0, 0.05) is 18.3 Å². The summed E-state index contributed by atoms with van der Waals surface area (Å²) >= 11 is 0. The highest BCUT2D eigenvalue weighted by molar-refractivity contribution is 5.48. The van der Waals surface area contributed by atoms with Crippen molar-refractivity contribution in [2.75, 3.05) is 25.1 Å². The van der Waals surface area contributed by atoms with Gasteiger partial charge in [0.15, 0.2) is 0 Å². The molecule has 0 fully saturated rings. The maximum atomic E-state index is 6.01. The molecule has 26 heavy (non-hydrogen) atoms. The Hall–Kier alpha value is -2.16. The highest BCUT2D eigenvalue weighted by Crippen LogP contribution is 2.28. The zero-order valence-electron chi connectivity index (χ0n) is 16.6. The van der Waals surface area contributed by atoms with Crippen molar-refractivity contribution in [3.8, 4) is 11.5 Å². The van der Waals surface area contributed by atoms with Crippen LogP contribution in [0.1, 0.15) is 52.0 Å². The van der Waals surface area contributed by atoms with Crippen molar-refractivity contribution in [3.05, 3.63) is 54.1 Å². The average Bonchev–Trinajstić information content (AvgIpc) is 2.65. The molecule has 142 valence electrons. The van der Waals surface area contributed by atoms with Gasteiger partial charge in [-0.05, 0) is 48.4 Å². The summed E-state index contributed by atoms with van der Waals surface area (Å²) in [6.07, 6.45) is 2.18. The normalized spacial score (nSPS) is 12.0. The second-order valence-electron chi connectivity index (χ2n) is 7.18. The van der Waals surface area contributed by atoms with E-state index in [9.17, 15) is 0 Å². The Bertz CT molecular complexity index is 654. The van der Waals surface area contributed by atoms with E-state index in [-0.39, 0.29) is 0 Å². The number of hydrogen-bond donors (Lipinski definition) is 1. The van der Waals surface area contributed by atoms with Crippen molar-refractivity contribution >= 4 is 5.69 Å². The lowest BCUT2D eigenvalue weighted by Gasteiger charge is -2.16. The van der Waals surface area contributed by atoms with Gasteiger partial charge in [0.1, 0.15) is 18.1 Å². The van der Waals surface area contributed by atoms with E-state index in [2.05, 4.69) is 57.3 Å². The fraction of sp³-hybridized carbons (Fsp3) is 0.478. The molecule has 2 rings (SSSR count). The van der Waals surface area contributed by atoms with Gasteiger partial charge in [0.2, 0.25) is 0 Å². The summed E-state index contributed by atoms with van der Waals surface area (Å²) in [5.41, 5.74) is 2.35. The number of para-hydroxylation sites is 1. The Morgan fingerprint density at radius 3 is 2.50 bits per heavy atom. The third-order valence-corrected chi connectivity index (χ3v) is 4.55. The Balaban J connectivity index is 1.80. The molecule has 0 aliphatic carbocycles. The van der Waals surface area contributed by atoms with Crippen LogP contribution in [0.3, 0.4) is 0 Å². The van der Waals surface area contributed by atoms with E-state index in [1.165, 1.54) is 5.56 Å². The minimum atomic E-state index is 0.513. The summed E-state index contributed by atoms with van der Waals surface area (Å²) in [6, 6.07) is 16.5. The van der Waals surface area contributed by atoms with E-state index in [0.717, 1.165) is 43.2 Å². The van der Waals surface area contributed by atoms with Crippen LogP contribution in [0, 0.1) is 5.92 Å². The van der Waals surface area contributed by atoms with E-state index < -0.39 is 0 Å². The third kappa shape index (κ3) is 6.62. The number of benzene rings is 2. The maximum Gasteiger partial charge on any atom is 0.122 e. The zero-order valence-corrected chi connectivity index (χ0v) is 16.6. The van der Waals surface area contributed by atoms with E-state index in [4.69, 9.17) is 9.47 Å². The fourth-order valence-electron chi connectivity index (χ4n) is 2.70. The second kappa shape index (κ2) is 10.7. The Morgan fingerprint density at radius 2 is 1.73 bits per heavy atom. The van der Waals surface area contributed by atoms with Crippen molar-refractivity contribution in [2.45, 2.75) is 46.5 Å². The van der Waals surface area contributed by atoms with Gasteiger partial charge in [-0.2, -0.15) is 0 Å². The lowest BCUT2D eigenvalue weighted by atomic mass is 9.98. The first-order chi connectivity index (χ1) is 12.6. The Kier molecular flexibility index (Phi) is 8.33. The van der Waals surface area contributed by atoms with Crippen LogP contribution in [0.15, 0.2) is 48.5 Å². The summed E-state index contributed by atoms with van der Waals surface area (Å²) in [4.78, 5) is 0. The highest BCUT2D eigenvalue weighted by Gasteiger charge is 2.09. The van der Waals surface area contributed by atoms with Gasteiger partial charge in [-0.3, -0.25) is 0 Å². The molecule has 1 N–H and O–H groups in total. The van der Waals surface area contributed by atoms with Crippen molar-refractivity contribution in [1.82, 2.24) is 0 Å². The molecule has 0 spiro atoms. The molecule has 0 bridgehead atoms. The standard InChI is InChI=1S/C23H33NO2/c1-5-19(4)22-11-6-7-12-23(22)26-16-14-24-20-9-8-10-21(17-20)25-15-13-18(2)3/h6-12,17-19,24H,5,13-16H2,1-4H3. The van der Waals surface area contributed by atoms with Gasteiger partial charge in [0.05, 0.1) is 6.61 Å². The molecule has 1 unspecified atom stereocenters. The minimum absolute atomic E-state index is 0.513. The molecule has 0 saturated carbocycles. The van der Waals surface area contributed by atoms with Gasteiger partial charge in [-0.25, -0.2) is 0 Å². The molecule has 0 aliphatic heterocycles. The predicted octanol–water partition coefficient (Wildman–Crippen LogP) is 6.12. The topological polar surface area (TPSA) is 30.5 Å². The van der Waals surface area contributed by atoms with Crippen LogP contribution in [-0.2, 0) is 0 Å². The number of anilines is 1. The summed E-state index contributed by atoms with van der Waals surface area (Å²) in [6.45, 7) is 11.0. The number of hydrogen-bond acceptors (Lipinski definition) is 3. The van der Waals surface area contributed by atoms with Gasteiger partial charge in [-0.1, -0.05) is 52.0 Å². The maximum absolute atomic E-state index is 6.01. The molecular formula is C23H33NO2. The highest BCUT2D eigenvalue weighted by atomic mass is 16.5. The quantitative estimate of drug-likeness (QED) is 0.493. The number of nitrogens with one attached hydrogen (secondary N) is 1. The fourth-order valence-corrected chi connectivity index (χ4v) is 2.70. The van der Waals surface area contributed by atoms with Gasteiger partial charge in [0.25, 0.3) is 0 Å². The number of rotatable bonds is 11. The van der Waals surface area contributed by atoms with Crippen molar-refractivity contribution in [2.24, 2.45) is 5.92 Å². The zero-order chi connectivity index (χ0) is 18.8. The molecule has 3 nitrogen and oxygen atoms in total. The van der Waals surface area contributed by atoms with Crippen LogP contribution < -0.4 is 14.8 Å². The first-order valence-corrected chi connectivity index (χ1v) is 9.78. The van der Waals surface area contributed by atoms with Crippen LogP contribution in [0.5, 0.6) is 11.5 Å². The van der Waals surface area contributed by atoms with Gasteiger partial charge < -0.3 is 14.8 Å². The molecule has 2 aromatic rings. The summed E-state index contributed by atoms with van der Waals surface area (Å²) in [5.74, 6) is 3.08.